The number of aromatic nitrogens is 1. The van der Waals surface area contributed by atoms with Gasteiger partial charge in [0.15, 0.2) is 0 Å². The van der Waals surface area contributed by atoms with Gasteiger partial charge in [-0.25, -0.2) is 4.79 Å². The zero-order valence-electron chi connectivity index (χ0n) is 16.9. The first-order valence-corrected chi connectivity index (χ1v) is 10.3. The minimum atomic E-state index is -1.14. The van der Waals surface area contributed by atoms with Crippen molar-refractivity contribution >= 4 is 5.97 Å². The molecule has 1 aromatic heterocycles. The van der Waals surface area contributed by atoms with Crippen LogP contribution >= 0.6 is 0 Å². The maximum atomic E-state index is 12.6. The highest BCUT2D eigenvalue weighted by molar-refractivity contribution is 5.87. The van der Waals surface area contributed by atoms with Gasteiger partial charge in [0.2, 0.25) is 0 Å². The second kappa shape index (κ2) is 7.65. The lowest BCUT2D eigenvalue weighted by molar-refractivity contribution is -0.231. The SMILES string of the molecule is C[C@]12C[C@@H](c3ccccc3)C[C@](CO)(CC[C@@H](n3cc(C(=O)O)ccc3=O)[C@@H]1O)O2. The molecule has 0 unspecified atom stereocenters. The summed E-state index contributed by atoms with van der Waals surface area (Å²) in [6.45, 7) is 1.64. The Hall–Kier alpha value is -2.48. The fraction of sp³-hybridized carbons (Fsp3) is 0.478. The van der Waals surface area contributed by atoms with Crippen molar-refractivity contribution in [2.45, 2.75) is 61.9 Å². The van der Waals surface area contributed by atoms with E-state index in [4.69, 9.17) is 4.74 Å². The lowest BCUT2D eigenvalue weighted by Crippen LogP contribution is -2.56. The molecular formula is C23H27NO6. The van der Waals surface area contributed by atoms with Crippen molar-refractivity contribution in [3.63, 3.8) is 0 Å². The third-order valence-corrected chi connectivity index (χ3v) is 6.71. The van der Waals surface area contributed by atoms with Crippen molar-refractivity contribution in [1.82, 2.24) is 4.57 Å². The molecule has 0 amide bonds. The van der Waals surface area contributed by atoms with Gasteiger partial charge in [-0.3, -0.25) is 4.79 Å². The fourth-order valence-electron chi connectivity index (χ4n) is 5.22. The summed E-state index contributed by atoms with van der Waals surface area (Å²) in [5.74, 6) is -1.04. The van der Waals surface area contributed by atoms with E-state index in [2.05, 4.69) is 0 Å². The number of carbonyl (C=O) groups is 1. The molecule has 7 nitrogen and oxygen atoms in total. The number of carboxylic acids is 1. The molecule has 3 heterocycles. The van der Waals surface area contributed by atoms with Crippen LogP contribution in [-0.2, 0) is 4.74 Å². The summed E-state index contributed by atoms with van der Waals surface area (Å²) in [7, 11) is 0. The minimum Gasteiger partial charge on any atom is -0.478 e. The van der Waals surface area contributed by atoms with Gasteiger partial charge in [-0.15, -0.1) is 0 Å². The van der Waals surface area contributed by atoms with Crippen molar-refractivity contribution in [1.29, 1.82) is 0 Å². The quantitative estimate of drug-likeness (QED) is 0.710. The topological polar surface area (TPSA) is 109 Å². The molecule has 1 aromatic carbocycles. The lowest BCUT2D eigenvalue weighted by Gasteiger charge is -2.49. The maximum Gasteiger partial charge on any atom is 0.337 e. The maximum absolute atomic E-state index is 12.6. The first-order valence-electron chi connectivity index (χ1n) is 10.3. The van der Waals surface area contributed by atoms with E-state index < -0.39 is 29.3 Å². The third kappa shape index (κ3) is 3.57. The van der Waals surface area contributed by atoms with Gasteiger partial charge in [0.25, 0.3) is 5.56 Å². The number of carboxylic acid groups (broad SMARTS) is 1. The number of nitrogens with zero attached hydrogens (tertiary/aromatic N) is 1. The molecular weight excluding hydrogens is 386 g/mol. The van der Waals surface area contributed by atoms with Gasteiger partial charge in [0, 0.05) is 12.3 Å². The molecule has 2 fully saturated rings. The molecule has 2 aliphatic heterocycles. The Balaban J connectivity index is 1.76. The highest BCUT2D eigenvalue weighted by Crippen LogP contribution is 2.51. The van der Waals surface area contributed by atoms with Crippen molar-refractivity contribution in [2.24, 2.45) is 0 Å². The molecule has 4 rings (SSSR count). The molecule has 2 saturated heterocycles. The average Bonchev–Trinajstić information content (AvgIpc) is 2.81. The number of aliphatic hydroxyl groups excluding tert-OH is 2. The highest BCUT2D eigenvalue weighted by atomic mass is 16.5. The van der Waals surface area contributed by atoms with Crippen LogP contribution in [0.4, 0.5) is 0 Å². The van der Waals surface area contributed by atoms with Crippen molar-refractivity contribution in [2.75, 3.05) is 6.61 Å². The number of ether oxygens (including phenoxy) is 1. The standard InChI is InChI=1S/C23H27NO6/c1-22-11-17(15-5-3-2-4-6-15)12-23(14-25,30-22)10-9-18(20(22)27)24-13-16(21(28)29)7-8-19(24)26/h2-8,13,17-18,20,25,27H,9-12,14H2,1H3,(H,28,29)/t17-,18-,20+,22+,23+/m1/s1. The lowest BCUT2D eigenvalue weighted by atomic mass is 9.74. The Morgan fingerprint density at radius 1 is 1.20 bits per heavy atom. The van der Waals surface area contributed by atoms with Crippen LogP contribution in [0, 0.1) is 0 Å². The number of rotatable bonds is 4. The first kappa shape index (κ1) is 20.8. The van der Waals surface area contributed by atoms with Crippen LogP contribution in [0.2, 0.25) is 0 Å². The largest absolute Gasteiger partial charge is 0.478 e. The van der Waals surface area contributed by atoms with Gasteiger partial charge in [-0.1, -0.05) is 30.3 Å². The normalized spacial score (nSPS) is 33.6. The van der Waals surface area contributed by atoms with E-state index in [0.717, 1.165) is 5.56 Å². The Bertz CT molecular complexity index is 989. The summed E-state index contributed by atoms with van der Waals surface area (Å²) >= 11 is 0. The number of fused-ring (bicyclic) bond motifs is 2. The predicted octanol–water partition coefficient (Wildman–Crippen LogP) is 2.33. The molecule has 0 spiro atoms. The number of hydrogen-bond acceptors (Lipinski definition) is 5. The first-order chi connectivity index (χ1) is 14.3. The van der Waals surface area contributed by atoms with Gasteiger partial charge in [-0.05, 0) is 50.2 Å². The number of hydrogen-bond donors (Lipinski definition) is 3. The van der Waals surface area contributed by atoms with Gasteiger partial charge < -0.3 is 24.6 Å². The van der Waals surface area contributed by atoms with E-state index in [1.165, 1.54) is 22.9 Å². The summed E-state index contributed by atoms with van der Waals surface area (Å²) in [5.41, 5.74) is -1.08. The Morgan fingerprint density at radius 3 is 2.60 bits per heavy atom. The summed E-state index contributed by atoms with van der Waals surface area (Å²) in [6, 6.07) is 11.8. The predicted molar refractivity (Wildman–Crippen MR) is 110 cm³/mol. The van der Waals surface area contributed by atoms with E-state index in [9.17, 15) is 24.9 Å². The molecule has 160 valence electrons. The van der Waals surface area contributed by atoms with E-state index in [-0.39, 0.29) is 23.6 Å². The monoisotopic (exact) mass is 413 g/mol. The van der Waals surface area contributed by atoms with Crippen LogP contribution in [0.5, 0.6) is 0 Å². The molecule has 0 saturated carbocycles. The van der Waals surface area contributed by atoms with E-state index in [1.54, 1.807) is 0 Å². The Morgan fingerprint density at radius 2 is 1.93 bits per heavy atom. The fourth-order valence-corrected chi connectivity index (χ4v) is 5.22. The van der Waals surface area contributed by atoms with Crippen LogP contribution in [0.15, 0.2) is 53.5 Å². The number of aromatic carboxylic acids is 1. The molecule has 3 N–H and O–H groups in total. The smallest absolute Gasteiger partial charge is 0.337 e. The third-order valence-electron chi connectivity index (χ3n) is 6.71. The van der Waals surface area contributed by atoms with Crippen molar-refractivity contribution < 1.29 is 24.9 Å². The van der Waals surface area contributed by atoms with Crippen LogP contribution < -0.4 is 5.56 Å². The summed E-state index contributed by atoms with van der Waals surface area (Å²) < 4.78 is 7.68. The van der Waals surface area contributed by atoms with Crippen LogP contribution in [0.3, 0.4) is 0 Å². The molecule has 2 bridgehead atoms. The van der Waals surface area contributed by atoms with Crippen LogP contribution in [0.1, 0.15) is 60.5 Å². The average molecular weight is 413 g/mol. The van der Waals surface area contributed by atoms with Gasteiger partial charge in [0.05, 0.1) is 29.4 Å². The van der Waals surface area contributed by atoms with Gasteiger partial charge in [0.1, 0.15) is 6.10 Å². The van der Waals surface area contributed by atoms with Gasteiger partial charge in [-0.2, -0.15) is 0 Å². The molecule has 0 radical (unpaired) electrons. The van der Waals surface area contributed by atoms with E-state index in [0.29, 0.717) is 25.7 Å². The number of aliphatic hydroxyl groups is 2. The van der Waals surface area contributed by atoms with Crippen molar-refractivity contribution in [3.8, 4) is 0 Å². The summed E-state index contributed by atoms with van der Waals surface area (Å²) in [5, 5.41) is 31.0. The Kier molecular flexibility index (Phi) is 5.30. The van der Waals surface area contributed by atoms with Crippen molar-refractivity contribution in [3.05, 3.63) is 70.1 Å². The number of pyridine rings is 1. The molecule has 5 atom stereocenters. The minimum absolute atomic E-state index is 0.0147. The molecule has 0 aliphatic carbocycles. The second-order valence-electron chi connectivity index (χ2n) is 8.79. The summed E-state index contributed by atoms with van der Waals surface area (Å²) in [4.78, 5) is 24.0. The van der Waals surface area contributed by atoms with Gasteiger partial charge >= 0.3 is 5.97 Å². The molecule has 30 heavy (non-hydrogen) atoms. The van der Waals surface area contributed by atoms with Crippen LogP contribution in [-0.4, -0.2) is 49.8 Å². The highest BCUT2D eigenvalue weighted by Gasteiger charge is 2.55. The summed E-state index contributed by atoms with van der Waals surface area (Å²) in [6.07, 6.45) is 2.24. The second-order valence-corrected chi connectivity index (χ2v) is 8.79. The molecule has 7 heteroatoms. The van der Waals surface area contributed by atoms with Crippen LogP contribution in [0.25, 0.3) is 0 Å². The zero-order chi connectivity index (χ0) is 21.5. The van der Waals surface area contributed by atoms with E-state index >= 15 is 0 Å². The molecule has 2 aliphatic rings. The number of benzene rings is 1. The Labute approximate surface area is 174 Å². The zero-order valence-corrected chi connectivity index (χ0v) is 16.9. The molecule has 2 aromatic rings. The van der Waals surface area contributed by atoms with E-state index in [1.807, 2.05) is 37.3 Å².